The Morgan fingerprint density at radius 2 is 1.75 bits per heavy atom. The van der Waals surface area contributed by atoms with E-state index < -0.39 is 0 Å². The molecule has 0 spiro atoms. The van der Waals surface area contributed by atoms with E-state index in [0.717, 1.165) is 6.42 Å². The third-order valence-electron chi connectivity index (χ3n) is 3.89. The lowest BCUT2D eigenvalue weighted by Crippen LogP contribution is -2.22. The molecule has 5 nitrogen and oxygen atoms in total. The van der Waals surface area contributed by atoms with E-state index in [-0.39, 0.29) is 24.4 Å². The molecule has 24 heavy (non-hydrogen) atoms. The quantitative estimate of drug-likeness (QED) is 0.824. The van der Waals surface area contributed by atoms with E-state index in [0.29, 0.717) is 23.1 Å². The number of hydrogen-bond acceptors (Lipinski definition) is 4. The van der Waals surface area contributed by atoms with Crippen LogP contribution in [0.15, 0.2) is 54.6 Å². The van der Waals surface area contributed by atoms with E-state index in [4.69, 9.17) is 9.47 Å². The molecule has 1 aliphatic rings. The van der Waals surface area contributed by atoms with Gasteiger partial charge in [0.25, 0.3) is 5.91 Å². The number of rotatable bonds is 6. The first kappa shape index (κ1) is 16.1. The summed E-state index contributed by atoms with van der Waals surface area (Å²) in [5.74, 6) is 0.826. The van der Waals surface area contributed by atoms with Crippen LogP contribution >= 0.6 is 0 Å². The predicted molar refractivity (Wildman–Crippen MR) is 89.8 cm³/mol. The normalized spacial score (nSPS) is 18.5. The zero-order valence-corrected chi connectivity index (χ0v) is 13.4. The summed E-state index contributed by atoms with van der Waals surface area (Å²) in [5.41, 5.74) is 0.530. The smallest absolute Gasteiger partial charge is 0.309 e. The van der Waals surface area contributed by atoms with Crippen LogP contribution in [-0.2, 0) is 14.3 Å². The number of nitrogens with one attached hydrogen (secondary N) is 1. The van der Waals surface area contributed by atoms with Crippen LogP contribution in [0, 0.1) is 11.8 Å². The van der Waals surface area contributed by atoms with Crippen LogP contribution in [0.1, 0.15) is 13.3 Å². The molecule has 2 atom stereocenters. The summed E-state index contributed by atoms with van der Waals surface area (Å²) in [6, 6.07) is 16.4. The zero-order valence-electron chi connectivity index (χ0n) is 13.4. The highest BCUT2D eigenvalue weighted by Gasteiger charge is 2.40. The molecule has 0 aliphatic heterocycles. The van der Waals surface area contributed by atoms with Gasteiger partial charge in [0.15, 0.2) is 12.4 Å². The Morgan fingerprint density at radius 1 is 1.08 bits per heavy atom. The largest absolute Gasteiger partial charge is 0.455 e. The summed E-state index contributed by atoms with van der Waals surface area (Å²) >= 11 is 0. The van der Waals surface area contributed by atoms with Crippen molar-refractivity contribution in [3.05, 3.63) is 54.6 Å². The molecule has 0 aromatic heterocycles. The lowest BCUT2D eigenvalue weighted by atomic mass is 10.3. The van der Waals surface area contributed by atoms with Crippen LogP contribution in [0.25, 0.3) is 0 Å². The predicted octanol–water partition coefficient (Wildman–Crippen LogP) is 3.62. The topological polar surface area (TPSA) is 64.6 Å². The lowest BCUT2D eigenvalue weighted by Gasteiger charge is -2.12. The standard InChI is InChI=1S/C19H19NO4/c1-13-11-15(13)19(22)23-12-18(21)20-16-9-5-6-10-17(16)24-14-7-3-2-4-8-14/h2-10,13,15H,11-12H2,1H3,(H,20,21)/t13-,15-/m1/s1. The lowest BCUT2D eigenvalue weighted by molar-refractivity contribution is -0.148. The fourth-order valence-corrected chi connectivity index (χ4v) is 2.35. The Hall–Kier alpha value is -2.82. The fourth-order valence-electron chi connectivity index (χ4n) is 2.35. The minimum absolute atomic E-state index is 0.0495. The molecular formula is C19H19NO4. The molecule has 1 aliphatic carbocycles. The summed E-state index contributed by atoms with van der Waals surface area (Å²) in [6.07, 6.45) is 0.841. The van der Waals surface area contributed by atoms with Gasteiger partial charge >= 0.3 is 5.97 Å². The van der Waals surface area contributed by atoms with Crippen LogP contribution in [0.4, 0.5) is 5.69 Å². The van der Waals surface area contributed by atoms with Crippen LogP contribution in [0.3, 0.4) is 0 Å². The summed E-state index contributed by atoms with van der Waals surface area (Å²) in [7, 11) is 0. The maximum atomic E-state index is 12.0. The van der Waals surface area contributed by atoms with E-state index >= 15 is 0 Å². The zero-order chi connectivity index (χ0) is 16.9. The van der Waals surface area contributed by atoms with Gasteiger partial charge in [-0.25, -0.2) is 0 Å². The molecule has 1 N–H and O–H groups in total. The van der Waals surface area contributed by atoms with Gasteiger partial charge in [-0.05, 0) is 36.6 Å². The molecule has 5 heteroatoms. The summed E-state index contributed by atoms with van der Waals surface area (Å²) in [4.78, 5) is 23.7. The summed E-state index contributed by atoms with van der Waals surface area (Å²) in [6.45, 7) is 1.70. The van der Waals surface area contributed by atoms with Gasteiger partial charge in [-0.15, -0.1) is 0 Å². The number of ether oxygens (including phenoxy) is 2. The number of carbonyl (C=O) groups is 2. The minimum atomic E-state index is -0.388. The van der Waals surface area contributed by atoms with Crippen molar-refractivity contribution in [2.75, 3.05) is 11.9 Å². The Morgan fingerprint density at radius 3 is 2.46 bits per heavy atom. The van der Waals surface area contributed by atoms with Gasteiger partial charge in [0, 0.05) is 0 Å². The highest BCUT2D eigenvalue weighted by Crippen LogP contribution is 2.38. The monoisotopic (exact) mass is 325 g/mol. The highest BCUT2D eigenvalue weighted by molar-refractivity contribution is 5.94. The van der Waals surface area contributed by atoms with Crippen LogP contribution in [-0.4, -0.2) is 18.5 Å². The number of benzene rings is 2. The molecule has 0 bridgehead atoms. The van der Waals surface area contributed by atoms with Gasteiger partial charge in [-0.1, -0.05) is 37.3 Å². The maximum absolute atomic E-state index is 12.0. The van der Waals surface area contributed by atoms with Gasteiger partial charge in [-0.3, -0.25) is 9.59 Å². The fraction of sp³-hybridized carbons (Fsp3) is 0.263. The van der Waals surface area contributed by atoms with Crippen molar-refractivity contribution >= 4 is 17.6 Å². The molecule has 1 saturated carbocycles. The van der Waals surface area contributed by atoms with Crippen LogP contribution in [0.2, 0.25) is 0 Å². The average Bonchev–Trinajstić information content (AvgIpc) is 3.32. The second kappa shape index (κ2) is 7.17. The van der Waals surface area contributed by atoms with Crippen molar-refractivity contribution in [3.8, 4) is 11.5 Å². The number of esters is 1. The van der Waals surface area contributed by atoms with Gasteiger partial charge in [0.2, 0.25) is 0 Å². The molecule has 0 radical (unpaired) electrons. The molecule has 2 aromatic rings. The molecular weight excluding hydrogens is 306 g/mol. The van der Waals surface area contributed by atoms with Crippen LogP contribution in [0.5, 0.6) is 11.5 Å². The number of amides is 1. The van der Waals surface area contributed by atoms with Crippen molar-refractivity contribution in [2.24, 2.45) is 11.8 Å². The third-order valence-corrected chi connectivity index (χ3v) is 3.89. The van der Waals surface area contributed by atoms with Crippen LogP contribution < -0.4 is 10.1 Å². The number of para-hydroxylation sites is 3. The number of hydrogen-bond donors (Lipinski definition) is 1. The first-order valence-electron chi connectivity index (χ1n) is 7.92. The maximum Gasteiger partial charge on any atom is 0.309 e. The number of anilines is 1. The molecule has 0 unspecified atom stereocenters. The van der Waals surface area contributed by atoms with Crippen molar-refractivity contribution < 1.29 is 19.1 Å². The SMILES string of the molecule is C[C@@H]1C[C@H]1C(=O)OCC(=O)Nc1ccccc1Oc1ccccc1. The molecule has 0 saturated heterocycles. The molecule has 2 aromatic carbocycles. The summed E-state index contributed by atoms with van der Waals surface area (Å²) < 4.78 is 10.8. The van der Waals surface area contributed by atoms with Crippen molar-refractivity contribution in [1.82, 2.24) is 0 Å². The van der Waals surface area contributed by atoms with Crippen molar-refractivity contribution in [1.29, 1.82) is 0 Å². The average molecular weight is 325 g/mol. The second-order valence-electron chi connectivity index (χ2n) is 5.89. The van der Waals surface area contributed by atoms with Gasteiger partial charge in [0.1, 0.15) is 5.75 Å². The van der Waals surface area contributed by atoms with Gasteiger partial charge < -0.3 is 14.8 Å². The third kappa shape index (κ3) is 4.13. The number of carbonyl (C=O) groups excluding carboxylic acids is 2. The highest BCUT2D eigenvalue weighted by atomic mass is 16.5. The van der Waals surface area contributed by atoms with Crippen molar-refractivity contribution in [2.45, 2.75) is 13.3 Å². The van der Waals surface area contributed by atoms with E-state index in [9.17, 15) is 9.59 Å². The molecule has 1 fully saturated rings. The molecule has 124 valence electrons. The van der Waals surface area contributed by atoms with E-state index in [1.54, 1.807) is 18.2 Å². The first-order valence-corrected chi connectivity index (χ1v) is 7.92. The Balaban J connectivity index is 1.58. The Labute approximate surface area is 140 Å². The van der Waals surface area contributed by atoms with E-state index in [2.05, 4.69) is 5.32 Å². The molecule has 3 rings (SSSR count). The Bertz CT molecular complexity index is 729. The van der Waals surface area contributed by atoms with Gasteiger partial charge in [-0.2, -0.15) is 0 Å². The minimum Gasteiger partial charge on any atom is -0.455 e. The first-order chi connectivity index (χ1) is 11.6. The second-order valence-corrected chi connectivity index (χ2v) is 5.89. The Kier molecular flexibility index (Phi) is 4.79. The van der Waals surface area contributed by atoms with Crippen molar-refractivity contribution in [3.63, 3.8) is 0 Å². The van der Waals surface area contributed by atoms with E-state index in [1.165, 1.54) is 0 Å². The summed E-state index contributed by atoms with van der Waals surface area (Å²) in [5, 5.41) is 2.72. The molecule has 0 heterocycles. The molecule has 1 amide bonds. The van der Waals surface area contributed by atoms with Gasteiger partial charge in [0.05, 0.1) is 11.6 Å². The van der Waals surface area contributed by atoms with E-state index in [1.807, 2.05) is 43.3 Å².